The number of aromatic nitrogens is 9. The average molecular weight is 1930 g/mol. The molecule has 0 aliphatic carbocycles. The van der Waals surface area contributed by atoms with Gasteiger partial charge in [0.05, 0.1) is 39.8 Å². The summed E-state index contributed by atoms with van der Waals surface area (Å²) in [5.41, 5.74) is 18.8. The Labute approximate surface area is 895 Å². The van der Waals surface area contributed by atoms with E-state index in [0.29, 0.717) is 162 Å². The predicted molar refractivity (Wildman–Crippen MR) is 604 cm³/mol. The largest absolute Gasteiger partial charge is 0.456 e. The summed E-state index contributed by atoms with van der Waals surface area (Å²) < 4.78 is 260. The van der Waals surface area contributed by atoms with E-state index in [1.807, 2.05) is 152 Å². The fourth-order valence-corrected chi connectivity index (χ4v) is 18.0. The van der Waals surface area contributed by atoms with E-state index in [2.05, 4.69) is 48.5 Å². The van der Waals surface area contributed by atoms with Crippen LogP contribution in [0.1, 0.15) is 45.3 Å². The van der Waals surface area contributed by atoms with E-state index >= 15 is 0 Å². The second-order valence-corrected chi connectivity index (χ2v) is 34.5. The molecule has 0 aliphatic rings. The molecule has 27 aromatic rings. The van der Waals surface area contributed by atoms with E-state index in [9.17, 15) is 0 Å². The van der Waals surface area contributed by atoms with E-state index in [1.54, 1.807) is 153 Å². The van der Waals surface area contributed by atoms with E-state index < -0.39 is 78.6 Å². The maximum absolute atomic E-state index is 8.64. The van der Waals surface area contributed by atoms with Crippen molar-refractivity contribution in [3.05, 3.63) is 527 Å². The fourth-order valence-electron chi connectivity index (χ4n) is 18.0. The van der Waals surface area contributed by atoms with Gasteiger partial charge in [-0.15, -0.1) is 0 Å². The average Bonchev–Trinajstić information content (AvgIpc) is 1.62. The van der Waals surface area contributed by atoms with Crippen LogP contribution in [0, 0.1) is 6.92 Å². The first kappa shape index (κ1) is 63.1. The molecule has 6 heterocycles. The molecule has 0 N–H and O–H groups in total. The number of benzene rings is 21. The Morgan fingerprint density at radius 1 is 0.155 bits per heavy atom. The van der Waals surface area contributed by atoms with E-state index in [0.717, 1.165) is 55.5 Å². The molecule has 12 nitrogen and oxygen atoms in total. The normalized spacial score (nSPS) is 14.0. The van der Waals surface area contributed by atoms with Gasteiger partial charge in [0.25, 0.3) is 0 Å². The van der Waals surface area contributed by atoms with Crippen LogP contribution in [0.3, 0.4) is 0 Å². The van der Waals surface area contributed by atoms with Gasteiger partial charge >= 0.3 is 0 Å². The zero-order valence-electron chi connectivity index (χ0n) is 107. The summed E-state index contributed by atoms with van der Waals surface area (Å²) in [4.78, 5) is 44.1. The van der Waals surface area contributed by atoms with E-state index in [4.69, 9.17) is 97.9 Å². The monoisotopic (exact) mass is 1920 g/mol. The molecule has 0 fully saturated rings. The van der Waals surface area contributed by atoms with Crippen LogP contribution in [-0.2, 0) is 0 Å². The summed E-state index contributed by atoms with van der Waals surface area (Å²) in [7, 11) is 0. The minimum Gasteiger partial charge on any atom is -0.456 e. The van der Waals surface area contributed by atoms with Crippen LogP contribution in [0.5, 0.6) is 0 Å². The topological polar surface area (TPSA) is 155 Å². The molecule has 27 rings (SSSR count). The first-order chi connectivity index (χ1) is 85.2. The number of hydrogen-bond acceptors (Lipinski definition) is 12. The van der Waals surface area contributed by atoms with Crippen molar-refractivity contribution in [2.45, 2.75) is 6.92 Å². The van der Waals surface area contributed by atoms with Crippen molar-refractivity contribution < 1.29 is 53.0 Å². The second kappa shape index (κ2) is 39.9. The molecule has 0 saturated carbocycles. The molecule has 0 atom stereocenters. The summed E-state index contributed by atoms with van der Waals surface area (Å²) in [6.45, 7) is 1.58. The highest BCUT2D eigenvalue weighted by Gasteiger charge is 2.24. The number of furan rings is 3. The molecular weight excluding hydrogens is 1810 g/mol. The van der Waals surface area contributed by atoms with Gasteiger partial charge in [-0.3, -0.25) is 0 Å². The second-order valence-electron chi connectivity index (χ2n) is 34.5. The fraction of sp³-hybridized carbons (Fsp3) is 0.00735. The summed E-state index contributed by atoms with van der Waals surface area (Å²) in [5, 5.41) is 3.82. The zero-order valence-corrected chi connectivity index (χ0v) is 78.2. The summed E-state index contributed by atoms with van der Waals surface area (Å²) in [6, 6.07) is 96.5. The first-order valence-corrected chi connectivity index (χ1v) is 47.1. The van der Waals surface area contributed by atoms with E-state index in [-0.39, 0.29) is 153 Å². The molecule has 6 aromatic heterocycles. The minimum atomic E-state index is -0.494. The highest BCUT2D eigenvalue weighted by atomic mass is 16.3. The van der Waals surface area contributed by atoms with Crippen LogP contribution in [0.15, 0.2) is 534 Å². The minimum absolute atomic E-state index is 0.0167. The Kier molecular flexibility index (Phi) is 17.0. The molecule has 0 unspecified atom stereocenters. The van der Waals surface area contributed by atoms with Gasteiger partial charge in [0.2, 0.25) is 0 Å². The van der Waals surface area contributed by atoms with Gasteiger partial charge in [0.15, 0.2) is 52.4 Å². The summed E-state index contributed by atoms with van der Waals surface area (Å²) in [6.07, 6.45) is 0. The zero-order chi connectivity index (χ0) is 124. The standard InChI is InChI=1S/C46H31N3O.2C45H29N3O/c1-30-10-8-15-37(28-30)33-20-24-36(25-21-33)45-47-44(35-22-18-32(19-23-35)31-11-4-2-5-12-31)48-46(49-45)38-26-27-40-42(29-38)50-41-17-9-16-39(43(40)41)34-13-6-3-7-14-34;2*1-4-11-30(12-5-1)32-19-23-35(24-20-32)43-46-44(36-25-21-33(22-26-36)31-13-6-2-7-14-31)48-45(47-43)37-27-28-39-41(29-37)49-40-18-10-17-38(42(39)40)34-15-8-3-9-16-34/h2-29H,1H3;2*1-29H/i2D,3D,4D,5D,6D,7D,8D,10D,11D,12D,13D,14D,15D,28D;1D,3D,4D,5D,8D,9D,11D,12D,15D,16D;3D,8D,9D,15D,16D. The Morgan fingerprint density at radius 2 is 0.358 bits per heavy atom. The Balaban J connectivity index is 0.000000132. The lowest BCUT2D eigenvalue weighted by molar-refractivity contribution is 0.668. The molecule has 12 heteroatoms. The maximum Gasteiger partial charge on any atom is 0.164 e. The lowest BCUT2D eigenvalue weighted by atomic mass is 9.99. The van der Waals surface area contributed by atoms with Crippen LogP contribution in [0.4, 0.5) is 0 Å². The van der Waals surface area contributed by atoms with Crippen molar-refractivity contribution in [3.8, 4) is 203 Å². The first-order valence-electron chi connectivity index (χ1n) is 61.6. The van der Waals surface area contributed by atoms with Crippen LogP contribution in [0.25, 0.3) is 268 Å². The predicted octanol–water partition coefficient (Wildman–Crippen LogP) is 35.6. The lowest BCUT2D eigenvalue weighted by Crippen LogP contribution is -2.00. The van der Waals surface area contributed by atoms with Crippen LogP contribution < -0.4 is 0 Å². The van der Waals surface area contributed by atoms with Crippen molar-refractivity contribution in [1.82, 2.24) is 44.9 Å². The van der Waals surface area contributed by atoms with Gasteiger partial charge < -0.3 is 13.3 Å². The van der Waals surface area contributed by atoms with Crippen molar-refractivity contribution in [2.75, 3.05) is 0 Å². The Hall–Kier alpha value is -20.0. The van der Waals surface area contributed by atoms with Gasteiger partial charge in [-0.05, 0) is 162 Å². The lowest BCUT2D eigenvalue weighted by Gasteiger charge is -2.10. The van der Waals surface area contributed by atoms with Crippen molar-refractivity contribution >= 4 is 65.8 Å². The van der Waals surface area contributed by atoms with Gasteiger partial charge in [0.1, 0.15) is 33.5 Å². The molecule has 0 saturated heterocycles. The van der Waals surface area contributed by atoms with Crippen molar-refractivity contribution in [2.24, 2.45) is 0 Å². The molecule has 0 radical (unpaired) electrons. The van der Waals surface area contributed by atoms with Crippen molar-refractivity contribution in [1.29, 1.82) is 0 Å². The smallest absolute Gasteiger partial charge is 0.164 e. The molecule has 0 bridgehead atoms. The Morgan fingerprint density at radius 3 is 0.615 bits per heavy atom. The number of hydrogen-bond donors (Lipinski definition) is 0. The van der Waals surface area contributed by atoms with E-state index in [1.165, 1.54) is 0 Å². The van der Waals surface area contributed by atoms with Gasteiger partial charge in [-0.1, -0.05) is 472 Å². The number of nitrogens with zero attached hydrogens (tertiary/aromatic N) is 9. The van der Waals surface area contributed by atoms with Gasteiger partial charge in [-0.25, -0.2) is 44.9 Å². The van der Waals surface area contributed by atoms with Crippen LogP contribution in [0.2, 0.25) is 0 Å². The SMILES string of the molecule is [2H]c1c([2H])c([2H])c(-c2ccc(-c3nc(-c4ccc(-c5c([2H])c([2H])c([2H])c(C)c5[2H])cc4)nc(-c4ccc5c(c4)oc4cccc(-c6c([2H])c([2H])c([2H])c([2H])c6[2H])c45)n3)cc2)c([2H])c1[2H].[2H]c1c([2H])c([2H])c(-c2ccc(-c3nc(-c4ccc(-c5ccccc5)cc4)nc(-c4ccc5c(c4)oc4cccc(-c6c([2H])c([2H])c([2H])c([2H])c6[2H])c45)n3)cc2)c([2H])c1[2H].[2H]c1c([2H])c([2H])c(-c2cccc3oc4cc(-c5nc(-c6ccc(-c7ccccc7)cc6)nc(-c6ccc(-c7ccccc7)cc6)n5)ccc4c23)c([2H])c1[2H]. The van der Waals surface area contributed by atoms with Crippen LogP contribution in [-0.4, -0.2) is 44.9 Å². The molecule has 148 heavy (non-hydrogen) atoms. The number of rotatable bonds is 18. The highest BCUT2D eigenvalue weighted by molar-refractivity contribution is 6.16. The summed E-state index contributed by atoms with van der Waals surface area (Å²) >= 11 is 0. The van der Waals surface area contributed by atoms with Crippen LogP contribution >= 0.6 is 0 Å². The van der Waals surface area contributed by atoms with Gasteiger partial charge in [-0.2, -0.15) is 0 Å². The highest BCUT2D eigenvalue weighted by Crippen LogP contribution is 2.45. The van der Waals surface area contributed by atoms with Gasteiger partial charge in [0, 0.05) is 82.4 Å². The third kappa shape index (κ3) is 18.4. The Bertz CT molecular complexity index is 11100. The third-order valence-electron chi connectivity index (χ3n) is 25.3. The van der Waals surface area contributed by atoms with Crippen molar-refractivity contribution in [3.63, 3.8) is 0 Å². The molecular formula is C136H89N9O3. The molecule has 0 amide bonds. The molecule has 0 spiro atoms. The molecule has 0 aliphatic heterocycles. The molecule has 696 valence electrons. The third-order valence-corrected chi connectivity index (χ3v) is 25.3. The maximum atomic E-state index is 8.64. The summed E-state index contributed by atoms with van der Waals surface area (Å²) in [5.74, 6) is 3.27. The quantitative estimate of drug-likeness (QED) is 0.0803. The molecule has 21 aromatic carbocycles. The number of fused-ring (bicyclic) bond motifs is 9.